The molecule has 1 fully saturated rings. The molecule has 0 radical (unpaired) electrons. The number of benzene rings is 1. The Morgan fingerprint density at radius 3 is 2.28 bits per heavy atom. The minimum absolute atomic E-state index is 0.161. The summed E-state index contributed by atoms with van der Waals surface area (Å²) in [5, 5.41) is 10.5. The molecule has 0 saturated heterocycles. The third-order valence-electron chi connectivity index (χ3n) is 3.82. The highest BCUT2D eigenvalue weighted by atomic mass is 19.4. The fraction of sp³-hybridized carbons (Fsp3) is 0.571. The van der Waals surface area contributed by atoms with E-state index in [4.69, 9.17) is 0 Å². The van der Waals surface area contributed by atoms with E-state index in [9.17, 15) is 18.3 Å². The molecule has 100 valence electrons. The van der Waals surface area contributed by atoms with E-state index in [1.54, 1.807) is 6.07 Å². The molecule has 0 spiro atoms. The van der Waals surface area contributed by atoms with Gasteiger partial charge in [-0.1, -0.05) is 31.4 Å². The van der Waals surface area contributed by atoms with Gasteiger partial charge >= 0.3 is 6.18 Å². The minimum Gasteiger partial charge on any atom is -0.385 e. The standard InChI is InChI=1S/C14H17F3O/c1-10-11(13(18)8-3-2-4-9-13)6-5-7-12(10)14(15,16)17/h5-7,18H,2-4,8-9H2,1H3. The molecule has 0 unspecified atom stereocenters. The molecule has 1 nitrogen and oxygen atoms in total. The highest BCUT2D eigenvalue weighted by Crippen LogP contribution is 2.41. The molecule has 1 aromatic carbocycles. The van der Waals surface area contributed by atoms with Gasteiger partial charge in [-0.2, -0.15) is 13.2 Å². The van der Waals surface area contributed by atoms with Gasteiger partial charge in [-0.05, 0) is 37.0 Å². The fourth-order valence-electron chi connectivity index (χ4n) is 2.85. The first-order chi connectivity index (χ1) is 8.34. The van der Waals surface area contributed by atoms with Crippen LogP contribution in [-0.4, -0.2) is 5.11 Å². The van der Waals surface area contributed by atoms with Crippen LogP contribution in [0.15, 0.2) is 18.2 Å². The van der Waals surface area contributed by atoms with Gasteiger partial charge in [-0.15, -0.1) is 0 Å². The number of hydrogen-bond donors (Lipinski definition) is 1. The van der Waals surface area contributed by atoms with Crippen LogP contribution in [0.4, 0.5) is 13.2 Å². The second-order valence-corrected chi connectivity index (χ2v) is 5.07. The fourth-order valence-corrected chi connectivity index (χ4v) is 2.85. The van der Waals surface area contributed by atoms with E-state index in [0.717, 1.165) is 25.3 Å². The molecule has 1 aliphatic carbocycles. The van der Waals surface area contributed by atoms with Crippen LogP contribution in [0.2, 0.25) is 0 Å². The molecule has 1 saturated carbocycles. The van der Waals surface area contributed by atoms with E-state index in [0.29, 0.717) is 18.4 Å². The average Bonchev–Trinajstić information content (AvgIpc) is 2.28. The van der Waals surface area contributed by atoms with Crippen molar-refractivity contribution >= 4 is 0 Å². The zero-order valence-corrected chi connectivity index (χ0v) is 10.3. The van der Waals surface area contributed by atoms with Gasteiger partial charge in [0.25, 0.3) is 0 Å². The molecule has 0 amide bonds. The lowest BCUT2D eigenvalue weighted by Gasteiger charge is -2.34. The second-order valence-electron chi connectivity index (χ2n) is 5.07. The summed E-state index contributed by atoms with van der Waals surface area (Å²) in [6, 6.07) is 4.08. The van der Waals surface area contributed by atoms with Gasteiger partial charge in [-0.25, -0.2) is 0 Å². The maximum absolute atomic E-state index is 12.8. The molecule has 18 heavy (non-hydrogen) atoms. The summed E-state index contributed by atoms with van der Waals surface area (Å²) in [5.41, 5.74) is -1.12. The Bertz CT molecular complexity index is 431. The first-order valence-electron chi connectivity index (χ1n) is 6.24. The van der Waals surface area contributed by atoms with Crippen LogP contribution >= 0.6 is 0 Å². The Morgan fingerprint density at radius 2 is 1.72 bits per heavy atom. The van der Waals surface area contributed by atoms with Gasteiger partial charge < -0.3 is 5.11 Å². The molecule has 1 aliphatic rings. The molecule has 2 rings (SSSR count). The van der Waals surface area contributed by atoms with Crippen LogP contribution in [0.5, 0.6) is 0 Å². The van der Waals surface area contributed by atoms with E-state index in [-0.39, 0.29) is 5.56 Å². The third kappa shape index (κ3) is 2.39. The summed E-state index contributed by atoms with van der Waals surface area (Å²) >= 11 is 0. The topological polar surface area (TPSA) is 20.2 Å². The smallest absolute Gasteiger partial charge is 0.385 e. The number of halogens is 3. The normalized spacial score (nSPS) is 19.8. The van der Waals surface area contributed by atoms with E-state index in [1.807, 2.05) is 0 Å². The lowest BCUT2D eigenvalue weighted by atomic mass is 9.77. The second kappa shape index (κ2) is 4.57. The van der Waals surface area contributed by atoms with Gasteiger partial charge in [-0.3, -0.25) is 0 Å². The lowest BCUT2D eigenvalue weighted by molar-refractivity contribution is -0.138. The van der Waals surface area contributed by atoms with Crippen molar-refractivity contribution in [3.8, 4) is 0 Å². The van der Waals surface area contributed by atoms with Gasteiger partial charge in [0.2, 0.25) is 0 Å². The highest BCUT2D eigenvalue weighted by molar-refractivity contribution is 5.39. The number of hydrogen-bond acceptors (Lipinski definition) is 1. The zero-order chi connectivity index (χ0) is 13.4. The zero-order valence-electron chi connectivity index (χ0n) is 10.3. The monoisotopic (exact) mass is 258 g/mol. The predicted molar refractivity (Wildman–Crippen MR) is 63.2 cm³/mol. The molecule has 0 aromatic heterocycles. The van der Waals surface area contributed by atoms with Crippen molar-refractivity contribution < 1.29 is 18.3 Å². The quantitative estimate of drug-likeness (QED) is 0.801. The molecule has 0 heterocycles. The Morgan fingerprint density at radius 1 is 1.11 bits per heavy atom. The van der Waals surface area contributed by atoms with E-state index >= 15 is 0 Å². The lowest BCUT2D eigenvalue weighted by Crippen LogP contribution is -2.30. The third-order valence-corrected chi connectivity index (χ3v) is 3.82. The van der Waals surface area contributed by atoms with Crippen molar-refractivity contribution in [1.82, 2.24) is 0 Å². The molecule has 0 atom stereocenters. The largest absolute Gasteiger partial charge is 0.416 e. The van der Waals surface area contributed by atoms with E-state index in [1.165, 1.54) is 13.0 Å². The maximum atomic E-state index is 12.8. The van der Waals surface area contributed by atoms with E-state index in [2.05, 4.69) is 0 Å². The highest BCUT2D eigenvalue weighted by Gasteiger charge is 2.37. The predicted octanol–water partition coefficient (Wildman–Crippen LogP) is 4.17. The van der Waals surface area contributed by atoms with Crippen molar-refractivity contribution in [2.24, 2.45) is 0 Å². The van der Waals surface area contributed by atoms with Crippen LogP contribution in [0.3, 0.4) is 0 Å². The SMILES string of the molecule is Cc1c(C(F)(F)F)cccc1C1(O)CCCCC1. The molecule has 0 aliphatic heterocycles. The van der Waals surface area contributed by atoms with Gasteiger partial charge in [0.15, 0.2) is 0 Å². The molecule has 4 heteroatoms. The summed E-state index contributed by atoms with van der Waals surface area (Å²) in [6.07, 6.45) is -0.478. The summed E-state index contributed by atoms with van der Waals surface area (Å²) in [7, 11) is 0. The summed E-state index contributed by atoms with van der Waals surface area (Å²) < 4.78 is 38.5. The number of rotatable bonds is 1. The van der Waals surface area contributed by atoms with Crippen LogP contribution < -0.4 is 0 Å². The Labute approximate surface area is 105 Å². The molecule has 0 bridgehead atoms. The van der Waals surface area contributed by atoms with Gasteiger partial charge in [0.05, 0.1) is 11.2 Å². The minimum atomic E-state index is -4.36. The van der Waals surface area contributed by atoms with E-state index < -0.39 is 17.3 Å². The summed E-state index contributed by atoms with van der Waals surface area (Å²) in [4.78, 5) is 0. The van der Waals surface area contributed by atoms with Crippen molar-refractivity contribution in [1.29, 1.82) is 0 Å². The average molecular weight is 258 g/mol. The number of aliphatic hydroxyl groups is 1. The number of alkyl halides is 3. The Balaban J connectivity index is 2.45. The summed E-state index contributed by atoms with van der Waals surface area (Å²) in [5.74, 6) is 0. The van der Waals surface area contributed by atoms with Crippen molar-refractivity contribution in [2.45, 2.75) is 50.8 Å². The van der Waals surface area contributed by atoms with Crippen LogP contribution in [0.25, 0.3) is 0 Å². The summed E-state index contributed by atoms with van der Waals surface area (Å²) in [6.45, 7) is 1.45. The molecular weight excluding hydrogens is 241 g/mol. The van der Waals surface area contributed by atoms with Crippen molar-refractivity contribution in [2.75, 3.05) is 0 Å². The first kappa shape index (κ1) is 13.4. The molecule has 1 aromatic rings. The van der Waals surface area contributed by atoms with Crippen LogP contribution in [0.1, 0.15) is 48.8 Å². The Hall–Kier alpha value is -1.03. The van der Waals surface area contributed by atoms with Crippen LogP contribution in [-0.2, 0) is 11.8 Å². The van der Waals surface area contributed by atoms with Gasteiger partial charge in [0, 0.05) is 0 Å². The van der Waals surface area contributed by atoms with Crippen molar-refractivity contribution in [3.63, 3.8) is 0 Å². The molecule has 1 N–H and O–H groups in total. The van der Waals surface area contributed by atoms with Crippen LogP contribution in [0, 0.1) is 6.92 Å². The maximum Gasteiger partial charge on any atom is 0.416 e. The molecular formula is C14H17F3O. The van der Waals surface area contributed by atoms with Crippen molar-refractivity contribution in [3.05, 3.63) is 34.9 Å². The Kier molecular flexibility index (Phi) is 3.41. The van der Waals surface area contributed by atoms with Gasteiger partial charge in [0.1, 0.15) is 0 Å². The first-order valence-corrected chi connectivity index (χ1v) is 6.24.